The van der Waals surface area contributed by atoms with Gasteiger partial charge in [0.25, 0.3) is 0 Å². The third-order valence-electron chi connectivity index (χ3n) is 8.36. The van der Waals surface area contributed by atoms with Gasteiger partial charge in [0.2, 0.25) is 5.91 Å². The molecule has 1 aliphatic heterocycles. The number of nitrogens with one attached hydrogen (secondary N) is 2. The first-order valence-electron chi connectivity index (χ1n) is 14.3. The number of amides is 1. The van der Waals surface area contributed by atoms with E-state index < -0.39 is 0 Å². The van der Waals surface area contributed by atoms with Gasteiger partial charge in [0.1, 0.15) is 11.9 Å². The summed E-state index contributed by atoms with van der Waals surface area (Å²) in [7, 11) is 0. The second-order valence-electron chi connectivity index (χ2n) is 11.0. The van der Waals surface area contributed by atoms with Crippen LogP contribution in [-0.2, 0) is 17.8 Å². The number of hydrogen-bond donors (Lipinski definition) is 2. The molecule has 1 amide bonds. The standard InChI is InChI=1S/C35H33N5O/c1-24-30(29-13-7-8-14-31(29)37-24)20-34(41)40-18-17-39(22-25-9-3-2-4-10-25)23-33(40)35-36-21-32(38-35)28-16-15-26-11-5-6-12-27(26)19-28/h2-16,19,21,33,37H,17-18,20,22-23H2,1H3,(H,36,38). The van der Waals surface area contributed by atoms with Crippen molar-refractivity contribution >= 4 is 27.6 Å². The first kappa shape index (κ1) is 25.3. The van der Waals surface area contributed by atoms with E-state index in [0.717, 1.165) is 58.9 Å². The van der Waals surface area contributed by atoms with Crippen molar-refractivity contribution in [3.63, 3.8) is 0 Å². The van der Waals surface area contributed by atoms with Crippen molar-refractivity contribution in [3.8, 4) is 11.3 Å². The van der Waals surface area contributed by atoms with E-state index in [1.807, 2.05) is 29.3 Å². The summed E-state index contributed by atoms with van der Waals surface area (Å²) in [5.74, 6) is 0.959. The zero-order chi connectivity index (χ0) is 27.8. The molecule has 0 bridgehead atoms. The Morgan fingerprint density at radius 2 is 1.66 bits per heavy atom. The monoisotopic (exact) mass is 539 g/mol. The molecule has 4 aromatic carbocycles. The largest absolute Gasteiger partial charge is 0.358 e. The van der Waals surface area contributed by atoms with Crippen LogP contribution in [0.1, 0.15) is 28.7 Å². The van der Waals surface area contributed by atoms with E-state index in [4.69, 9.17) is 4.98 Å². The molecule has 1 fully saturated rings. The predicted octanol–water partition coefficient (Wildman–Crippen LogP) is 6.65. The zero-order valence-electron chi connectivity index (χ0n) is 23.2. The van der Waals surface area contributed by atoms with Crippen LogP contribution in [-0.4, -0.2) is 50.3 Å². The van der Waals surface area contributed by atoms with Gasteiger partial charge in [-0.2, -0.15) is 0 Å². The number of nitrogens with zero attached hydrogens (tertiary/aromatic N) is 3. The van der Waals surface area contributed by atoms with Gasteiger partial charge in [-0.05, 0) is 41.0 Å². The number of piperazine rings is 1. The van der Waals surface area contributed by atoms with E-state index in [0.29, 0.717) is 13.0 Å². The predicted molar refractivity (Wildman–Crippen MR) is 164 cm³/mol. The van der Waals surface area contributed by atoms with E-state index in [2.05, 4.69) is 101 Å². The fourth-order valence-electron chi connectivity index (χ4n) is 6.18. The zero-order valence-corrected chi connectivity index (χ0v) is 23.2. The van der Waals surface area contributed by atoms with Gasteiger partial charge in [0, 0.05) is 48.3 Å². The number of H-pyrrole nitrogens is 2. The van der Waals surface area contributed by atoms with Crippen LogP contribution >= 0.6 is 0 Å². The molecule has 2 aromatic heterocycles. The summed E-state index contributed by atoms with van der Waals surface area (Å²) in [5.41, 5.74) is 6.53. The van der Waals surface area contributed by atoms with Gasteiger partial charge < -0.3 is 14.9 Å². The first-order chi connectivity index (χ1) is 20.1. The summed E-state index contributed by atoms with van der Waals surface area (Å²) in [6.07, 6.45) is 2.27. The number of imidazole rings is 1. The number of hydrogen-bond acceptors (Lipinski definition) is 3. The Bertz CT molecular complexity index is 1840. The molecule has 6 heteroatoms. The number of aromatic nitrogens is 3. The lowest BCUT2D eigenvalue weighted by Gasteiger charge is -2.40. The lowest BCUT2D eigenvalue weighted by molar-refractivity contribution is -0.136. The van der Waals surface area contributed by atoms with Crippen LogP contribution in [0.15, 0.2) is 103 Å². The molecule has 1 atom stereocenters. The molecule has 6 nitrogen and oxygen atoms in total. The van der Waals surface area contributed by atoms with Gasteiger partial charge in [-0.25, -0.2) is 4.98 Å². The van der Waals surface area contributed by atoms with Gasteiger partial charge in [0.15, 0.2) is 0 Å². The Morgan fingerprint density at radius 3 is 2.54 bits per heavy atom. The smallest absolute Gasteiger partial charge is 0.227 e. The molecule has 7 rings (SSSR count). The number of carbonyl (C=O) groups is 1. The molecule has 0 spiro atoms. The third-order valence-corrected chi connectivity index (χ3v) is 8.36. The molecular formula is C35H33N5O. The quantitative estimate of drug-likeness (QED) is 0.249. The fourth-order valence-corrected chi connectivity index (χ4v) is 6.18. The molecule has 1 aliphatic rings. The maximum atomic E-state index is 14.0. The Kier molecular flexibility index (Phi) is 6.61. The Hall–Kier alpha value is -4.68. The third kappa shape index (κ3) is 5.03. The second-order valence-corrected chi connectivity index (χ2v) is 11.0. The van der Waals surface area contributed by atoms with E-state index >= 15 is 0 Å². The second kappa shape index (κ2) is 10.7. The van der Waals surface area contributed by atoms with Gasteiger partial charge >= 0.3 is 0 Å². The van der Waals surface area contributed by atoms with Crippen molar-refractivity contribution < 1.29 is 4.79 Å². The first-order valence-corrected chi connectivity index (χ1v) is 14.3. The molecule has 41 heavy (non-hydrogen) atoms. The highest BCUT2D eigenvalue weighted by molar-refractivity contribution is 5.90. The summed E-state index contributed by atoms with van der Waals surface area (Å²) in [4.78, 5) is 30.3. The van der Waals surface area contributed by atoms with Gasteiger partial charge in [0.05, 0.1) is 18.3 Å². The Balaban J connectivity index is 1.19. The summed E-state index contributed by atoms with van der Waals surface area (Å²) in [5, 5.41) is 3.53. The van der Waals surface area contributed by atoms with Gasteiger partial charge in [-0.1, -0.05) is 84.9 Å². The minimum atomic E-state index is -0.167. The van der Waals surface area contributed by atoms with Crippen LogP contribution in [0.4, 0.5) is 0 Å². The summed E-state index contributed by atoms with van der Waals surface area (Å²) < 4.78 is 0. The minimum Gasteiger partial charge on any atom is -0.358 e. The highest BCUT2D eigenvalue weighted by Gasteiger charge is 2.34. The topological polar surface area (TPSA) is 68.0 Å². The number of aryl methyl sites for hydroxylation is 1. The van der Waals surface area contributed by atoms with Crippen LogP contribution in [0.3, 0.4) is 0 Å². The highest BCUT2D eigenvalue weighted by atomic mass is 16.2. The molecule has 1 unspecified atom stereocenters. The number of para-hydroxylation sites is 1. The molecule has 0 radical (unpaired) electrons. The Labute approximate surface area is 239 Å². The van der Waals surface area contributed by atoms with Crippen molar-refractivity contribution in [2.45, 2.75) is 25.9 Å². The van der Waals surface area contributed by atoms with Crippen molar-refractivity contribution in [3.05, 3.63) is 126 Å². The molecular weight excluding hydrogens is 506 g/mol. The number of benzene rings is 4. The van der Waals surface area contributed by atoms with Crippen molar-refractivity contribution in [1.82, 2.24) is 24.8 Å². The highest BCUT2D eigenvalue weighted by Crippen LogP contribution is 2.30. The van der Waals surface area contributed by atoms with E-state index in [1.54, 1.807) is 0 Å². The van der Waals surface area contributed by atoms with Gasteiger partial charge in [-0.3, -0.25) is 9.69 Å². The SMILES string of the molecule is Cc1[nH]c2ccccc2c1CC(=O)N1CCN(Cc2ccccc2)CC1c1ncc(-c2ccc3ccccc3c2)[nH]1. The number of aromatic amines is 2. The molecule has 0 aliphatic carbocycles. The van der Waals surface area contributed by atoms with Crippen LogP contribution < -0.4 is 0 Å². The van der Waals surface area contributed by atoms with Crippen LogP contribution in [0.5, 0.6) is 0 Å². The number of carbonyl (C=O) groups excluding carboxylic acids is 1. The van der Waals surface area contributed by atoms with Crippen molar-refractivity contribution in [2.75, 3.05) is 19.6 Å². The minimum absolute atomic E-state index is 0.130. The fraction of sp³-hybridized carbons (Fsp3) is 0.200. The average molecular weight is 540 g/mol. The Morgan fingerprint density at radius 1 is 0.878 bits per heavy atom. The summed E-state index contributed by atoms with van der Waals surface area (Å²) in [6, 6.07) is 33.4. The molecule has 3 heterocycles. The molecule has 2 N–H and O–H groups in total. The summed E-state index contributed by atoms with van der Waals surface area (Å²) >= 11 is 0. The van der Waals surface area contributed by atoms with E-state index in [1.165, 1.54) is 16.3 Å². The van der Waals surface area contributed by atoms with Crippen molar-refractivity contribution in [2.24, 2.45) is 0 Å². The lowest BCUT2D eigenvalue weighted by atomic mass is 10.0. The maximum absolute atomic E-state index is 14.0. The molecule has 204 valence electrons. The van der Waals surface area contributed by atoms with E-state index in [9.17, 15) is 4.79 Å². The van der Waals surface area contributed by atoms with Gasteiger partial charge in [-0.15, -0.1) is 0 Å². The number of fused-ring (bicyclic) bond motifs is 2. The lowest BCUT2D eigenvalue weighted by Crippen LogP contribution is -2.51. The maximum Gasteiger partial charge on any atom is 0.227 e. The molecule has 6 aromatic rings. The molecule has 0 saturated carbocycles. The van der Waals surface area contributed by atoms with Crippen LogP contribution in [0.25, 0.3) is 32.9 Å². The van der Waals surface area contributed by atoms with Crippen LogP contribution in [0.2, 0.25) is 0 Å². The van der Waals surface area contributed by atoms with Crippen LogP contribution in [0, 0.1) is 6.92 Å². The van der Waals surface area contributed by atoms with E-state index in [-0.39, 0.29) is 11.9 Å². The summed E-state index contributed by atoms with van der Waals surface area (Å²) in [6.45, 7) is 5.10. The molecule has 1 saturated heterocycles. The number of rotatable bonds is 6. The average Bonchev–Trinajstić information content (AvgIpc) is 3.62. The van der Waals surface area contributed by atoms with Crippen molar-refractivity contribution in [1.29, 1.82) is 0 Å². The normalized spacial score (nSPS) is 16.0.